The smallest absolute Gasteiger partial charge is 0.319 e. The lowest BCUT2D eigenvalue weighted by atomic mass is 10.0. The Morgan fingerprint density at radius 3 is 2.44 bits per heavy atom. The van der Waals surface area contributed by atoms with Gasteiger partial charge in [-0.05, 0) is 42.3 Å². The molecule has 0 radical (unpaired) electrons. The Morgan fingerprint density at radius 2 is 1.75 bits per heavy atom. The second kappa shape index (κ2) is 12.8. The summed E-state index contributed by atoms with van der Waals surface area (Å²) in [4.78, 5) is 12.9. The Balaban J connectivity index is 1.51. The van der Waals surface area contributed by atoms with Crippen LogP contribution in [0.25, 0.3) is 0 Å². The molecular weight excluding hydrogens is 476 g/mol. The lowest BCUT2D eigenvalue weighted by Crippen LogP contribution is -2.31. The van der Waals surface area contributed by atoms with Crippen LogP contribution in [-0.4, -0.2) is 36.6 Å². The van der Waals surface area contributed by atoms with Crippen LogP contribution < -0.4 is 15.4 Å². The molecule has 1 fully saturated rings. The highest BCUT2D eigenvalue weighted by atomic mass is 32.2. The van der Waals surface area contributed by atoms with Gasteiger partial charge in [0.05, 0.1) is 25.9 Å². The minimum Gasteiger partial charge on any atom is -0.496 e. The summed E-state index contributed by atoms with van der Waals surface area (Å²) >= 11 is 1.70. The van der Waals surface area contributed by atoms with Crippen molar-refractivity contribution in [2.24, 2.45) is 0 Å². The Labute approximate surface area is 216 Å². The number of hydrogen-bond acceptors (Lipinski definition) is 6. The van der Waals surface area contributed by atoms with Gasteiger partial charge < -0.3 is 30.0 Å². The summed E-state index contributed by atoms with van der Waals surface area (Å²) in [5.74, 6) is 1.58. The first kappa shape index (κ1) is 26.0. The fourth-order valence-electron chi connectivity index (χ4n) is 4.00. The van der Waals surface area contributed by atoms with Crippen molar-refractivity contribution in [3.05, 3.63) is 89.5 Å². The van der Waals surface area contributed by atoms with Crippen LogP contribution in [0.3, 0.4) is 0 Å². The number of methoxy groups -OCH3 is 1. The number of aliphatic hydroxyl groups excluding tert-OH is 1. The van der Waals surface area contributed by atoms with E-state index in [0.29, 0.717) is 18.7 Å². The number of aliphatic hydroxyl groups is 1. The monoisotopic (exact) mass is 508 g/mol. The van der Waals surface area contributed by atoms with Crippen LogP contribution >= 0.6 is 11.8 Å². The Hall–Kier alpha value is -3.04. The SMILES string of the molecule is CCNC(=O)Nc1ccc([C@H]2O[C@@H](CSc3ccccc3OC)C[C@@H](c3ccc(CO)cc3)O2)cc1. The fraction of sp³-hybridized carbons (Fsp3) is 0.321. The van der Waals surface area contributed by atoms with Crippen LogP contribution in [0.4, 0.5) is 10.5 Å². The molecule has 190 valence electrons. The van der Waals surface area contributed by atoms with E-state index < -0.39 is 6.29 Å². The van der Waals surface area contributed by atoms with E-state index in [0.717, 1.165) is 33.1 Å². The van der Waals surface area contributed by atoms with E-state index in [-0.39, 0.29) is 24.8 Å². The number of para-hydroxylation sites is 1. The van der Waals surface area contributed by atoms with Crippen LogP contribution in [0.15, 0.2) is 77.7 Å². The topological polar surface area (TPSA) is 89.1 Å². The maximum Gasteiger partial charge on any atom is 0.319 e. The maximum atomic E-state index is 11.8. The second-order valence-electron chi connectivity index (χ2n) is 8.42. The van der Waals surface area contributed by atoms with Crippen molar-refractivity contribution in [3.63, 3.8) is 0 Å². The van der Waals surface area contributed by atoms with Gasteiger partial charge in [0.1, 0.15) is 5.75 Å². The molecule has 8 heteroatoms. The summed E-state index contributed by atoms with van der Waals surface area (Å²) in [7, 11) is 1.68. The van der Waals surface area contributed by atoms with Crippen molar-refractivity contribution in [3.8, 4) is 5.75 Å². The van der Waals surface area contributed by atoms with Gasteiger partial charge >= 0.3 is 6.03 Å². The van der Waals surface area contributed by atoms with Gasteiger partial charge in [-0.1, -0.05) is 48.5 Å². The van der Waals surface area contributed by atoms with Gasteiger partial charge in [-0.25, -0.2) is 4.79 Å². The third-order valence-corrected chi connectivity index (χ3v) is 7.07. The highest BCUT2D eigenvalue weighted by Gasteiger charge is 2.32. The minimum atomic E-state index is -0.553. The number of hydrogen-bond donors (Lipinski definition) is 3. The van der Waals surface area contributed by atoms with Gasteiger partial charge in [-0.2, -0.15) is 0 Å². The zero-order valence-electron chi connectivity index (χ0n) is 20.5. The number of anilines is 1. The minimum absolute atomic E-state index is 0.00633. The van der Waals surface area contributed by atoms with E-state index in [9.17, 15) is 9.90 Å². The Morgan fingerprint density at radius 1 is 1.03 bits per heavy atom. The summed E-state index contributed by atoms with van der Waals surface area (Å²) in [5.41, 5.74) is 3.48. The lowest BCUT2D eigenvalue weighted by Gasteiger charge is -2.36. The van der Waals surface area contributed by atoms with Crippen LogP contribution in [0.5, 0.6) is 5.75 Å². The standard InChI is InChI=1S/C28H32N2O5S/c1-3-29-28(32)30-22-14-12-21(13-15-22)27-34-23(18-36-26-7-5-4-6-24(26)33-2)16-25(35-27)20-10-8-19(17-31)9-11-20/h4-15,23,25,27,31H,3,16-18H2,1-2H3,(H2,29,30,32)/t23-,25+,27+/m1/s1. The van der Waals surface area contributed by atoms with Crippen molar-refractivity contribution in [1.82, 2.24) is 5.32 Å². The molecule has 3 aromatic carbocycles. The van der Waals surface area contributed by atoms with Crippen molar-refractivity contribution in [2.75, 3.05) is 24.7 Å². The Bertz CT molecular complexity index is 1120. The first-order valence-electron chi connectivity index (χ1n) is 12.0. The van der Waals surface area contributed by atoms with Gasteiger partial charge in [-0.15, -0.1) is 11.8 Å². The summed E-state index contributed by atoms with van der Waals surface area (Å²) in [6.07, 6.45) is -0.0706. The first-order valence-corrected chi connectivity index (χ1v) is 13.0. The molecule has 4 rings (SSSR count). The van der Waals surface area contributed by atoms with Crippen molar-refractivity contribution < 1.29 is 24.1 Å². The largest absolute Gasteiger partial charge is 0.496 e. The average Bonchev–Trinajstić information content (AvgIpc) is 2.92. The molecule has 1 heterocycles. The highest BCUT2D eigenvalue weighted by Crippen LogP contribution is 2.40. The number of rotatable bonds is 9. The molecule has 2 amide bonds. The number of amides is 2. The van der Waals surface area contributed by atoms with Gasteiger partial charge in [-0.3, -0.25) is 0 Å². The van der Waals surface area contributed by atoms with Gasteiger partial charge in [0.15, 0.2) is 6.29 Å². The number of nitrogens with one attached hydrogen (secondary N) is 2. The average molecular weight is 509 g/mol. The molecule has 0 aliphatic carbocycles. The number of carbonyl (C=O) groups is 1. The van der Waals surface area contributed by atoms with Crippen LogP contribution in [-0.2, 0) is 16.1 Å². The van der Waals surface area contributed by atoms with E-state index in [2.05, 4.69) is 10.6 Å². The summed E-state index contributed by atoms with van der Waals surface area (Å²) in [6, 6.07) is 23.1. The third kappa shape index (κ3) is 6.79. The zero-order valence-corrected chi connectivity index (χ0v) is 21.3. The molecule has 7 nitrogen and oxygen atoms in total. The molecule has 1 aliphatic heterocycles. The molecule has 0 bridgehead atoms. The van der Waals surface area contributed by atoms with E-state index in [4.69, 9.17) is 14.2 Å². The molecule has 0 spiro atoms. The van der Waals surface area contributed by atoms with Crippen LogP contribution in [0, 0.1) is 0 Å². The molecule has 3 atom stereocenters. The lowest BCUT2D eigenvalue weighted by molar-refractivity contribution is -0.245. The molecule has 0 aromatic heterocycles. The van der Waals surface area contributed by atoms with Crippen molar-refractivity contribution >= 4 is 23.5 Å². The zero-order chi connectivity index (χ0) is 25.3. The van der Waals surface area contributed by atoms with Crippen molar-refractivity contribution in [1.29, 1.82) is 0 Å². The molecule has 0 unspecified atom stereocenters. The van der Waals surface area contributed by atoms with Crippen LogP contribution in [0.1, 0.15) is 42.4 Å². The van der Waals surface area contributed by atoms with Crippen LogP contribution in [0.2, 0.25) is 0 Å². The molecular formula is C28H32N2O5S. The van der Waals surface area contributed by atoms with Crippen molar-refractivity contribution in [2.45, 2.75) is 43.3 Å². The quantitative estimate of drug-likeness (QED) is 0.323. The summed E-state index contributed by atoms with van der Waals surface area (Å²) in [5, 5.41) is 14.9. The molecule has 3 aromatic rings. The Kier molecular flexibility index (Phi) is 9.24. The normalized spacial score (nSPS) is 19.5. The number of benzene rings is 3. The maximum absolute atomic E-state index is 11.8. The fourth-order valence-corrected chi connectivity index (χ4v) is 5.05. The van der Waals surface area contributed by atoms with Gasteiger partial charge in [0, 0.05) is 34.9 Å². The number of thioether (sulfide) groups is 1. The number of urea groups is 1. The second-order valence-corrected chi connectivity index (χ2v) is 9.48. The molecule has 1 saturated heterocycles. The third-order valence-electron chi connectivity index (χ3n) is 5.89. The van der Waals surface area contributed by atoms with E-state index >= 15 is 0 Å². The highest BCUT2D eigenvalue weighted by molar-refractivity contribution is 7.99. The van der Waals surface area contributed by atoms with E-state index in [1.54, 1.807) is 18.9 Å². The molecule has 1 aliphatic rings. The van der Waals surface area contributed by atoms with Gasteiger partial charge in [0.2, 0.25) is 0 Å². The summed E-state index contributed by atoms with van der Waals surface area (Å²) in [6.45, 7) is 2.44. The van der Waals surface area contributed by atoms with E-state index in [1.165, 1.54) is 0 Å². The molecule has 0 saturated carbocycles. The van der Waals surface area contributed by atoms with Gasteiger partial charge in [0.25, 0.3) is 0 Å². The molecule has 36 heavy (non-hydrogen) atoms. The predicted molar refractivity (Wildman–Crippen MR) is 141 cm³/mol. The van der Waals surface area contributed by atoms with E-state index in [1.807, 2.05) is 79.7 Å². The first-order chi connectivity index (χ1) is 17.6. The number of carbonyl (C=O) groups excluding carboxylic acids is 1. The molecule has 3 N–H and O–H groups in total. The predicted octanol–water partition coefficient (Wildman–Crippen LogP) is 5.67. The number of ether oxygens (including phenoxy) is 3. The summed E-state index contributed by atoms with van der Waals surface area (Å²) < 4.78 is 18.3.